The third kappa shape index (κ3) is 3.53. The SMILES string of the molecule is C=C(CNC)COc1c(F)cccc1Cl. The van der Waals surface area contributed by atoms with Crippen LogP contribution in [0.2, 0.25) is 5.02 Å². The van der Waals surface area contributed by atoms with Gasteiger partial charge in [-0.2, -0.15) is 0 Å². The number of nitrogens with one attached hydrogen (secondary N) is 1. The van der Waals surface area contributed by atoms with E-state index < -0.39 is 5.82 Å². The van der Waals surface area contributed by atoms with E-state index in [0.717, 1.165) is 5.57 Å². The predicted octanol–water partition coefficient (Wildman–Crippen LogP) is 2.63. The molecule has 0 atom stereocenters. The van der Waals surface area contributed by atoms with Crippen molar-refractivity contribution in [1.82, 2.24) is 5.32 Å². The average Bonchev–Trinajstić information content (AvgIpc) is 2.17. The number of halogens is 2. The fraction of sp³-hybridized carbons (Fsp3) is 0.273. The van der Waals surface area contributed by atoms with Gasteiger partial charge in [0.15, 0.2) is 11.6 Å². The first kappa shape index (κ1) is 12.0. The van der Waals surface area contributed by atoms with Gasteiger partial charge in [-0.25, -0.2) is 4.39 Å². The van der Waals surface area contributed by atoms with Crippen LogP contribution >= 0.6 is 11.6 Å². The smallest absolute Gasteiger partial charge is 0.173 e. The molecular weight excluding hydrogens is 217 g/mol. The molecule has 1 N–H and O–H groups in total. The third-order valence-electron chi connectivity index (χ3n) is 1.77. The van der Waals surface area contributed by atoms with Gasteiger partial charge >= 0.3 is 0 Å². The highest BCUT2D eigenvalue weighted by Crippen LogP contribution is 2.27. The van der Waals surface area contributed by atoms with Gasteiger partial charge in [-0.3, -0.25) is 0 Å². The van der Waals surface area contributed by atoms with E-state index in [-0.39, 0.29) is 17.4 Å². The lowest BCUT2D eigenvalue weighted by molar-refractivity contribution is 0.330. The highest BCUT2D eigenvalue weighted by molar-refractivity contribution is 6.32. The van der Waals surface area contributed by atoms with Crippen LogP contribution in [0.5, 0.6) is 5.75 Å². The van der Waals surface area contributed by atoms with Crippen LogP contribution in [0.25, 0.3) is 0 Å². The van der Waals surface area contributed by atoms with Crippen LogP contribution in [0.1, 0.15) is 0 Å². The molecule has 0 radical (unpaired) electrons. The van der Waals surface area contributed by atoms with Crippen molar-refractivity contribution in [2.45, 2.75) is 0 Å². The third-order valence-corrected chi connectivity index (χ3v) is 2.06. The maximum Gasteiger partial charge on any atom is 0.173 e. The molecular formula is C11H13ClFNO. The van der Waals surface area contributed by atoms with E-state index >= 15 is 0 Å². The van der Waals surface area contributed by atoms with Crippen molar-refractivity contribution in [3.8, 4) is 5.75 Å². The normalized spacial score (nSPS) is 10.1. The summed E-state index contributed by atoms with van der Waals surface area (Å²) in [6.07, 6.45) is 0. The van der Waals surface area contributed by atoms with Gasteiger partial charge in [-0.1, -0.05) is 24.2 Å². The second-order valence-electron chi connectivity index (χ2n) is 3.12. The van der Waals surface area contributed by atoms with E-state index in [4.69, 9.17) is 16.3 Å². The van der Waals surface area contributed by atoms with E-state index in [2.05, 4.69) is 11.9 Å². The topological polar surface area (TPSA) is 21.3 Å². The highest BCUT2D eigenvalue weighted by atomic mass is 35.5. The van der Waals surface area contributed by atoms with Crippen LogP contribution in [0, 0.1) is 5.82 Å². The molecule has 0 aliphatic rings. The molecule has 0 saturated heterocycles. The van der Waals surface area contributed by atoms with Gasteiger partial charge in [-0.05, 0) is 24.8 Å². The summed E-state index contributed by atoms with van der Waals surface area (Å²) >= 11 is 5.78. The van der Waals surface area contributed by atoms with Crippen molar-refractivity contribution in [1.29, 1.82) is 0 Å². The van der Waals surface area contributed by atoms with Crippen molar-refractivity contribution in [2.24, 2.45) is 0 Å². The summed E-state index contributed by atoms with van der Waals surface area (Å²) in [5.74, 6) is -0.379. The Morgan fingerprint density at radius 2 is 2.33 bits per heavy atom. The Balaban J connectivity index is 2.61. The summed E-state index contributed by atoms with van der Waals surface area (Å²) < 4.78 is 18.5. The molecule has 4 heteroatoms. The Labute approximate surface area is 93.7 Å². The molecule has 0 spiro atoms. The molecule has 1 aromatic carbocycles. The largest absolute Gasteiger partial charge is 0.485 e. The molecule has 0 aromatic heterocycles. The Hall–Kier alpha value is -1.06. The zero-order valence-corrected chi connectivity index (χ0v) is 9.27. The first-order valence-corrected chi connectivity index (χ1v) is 4.91. The van der Waals surface area contributed by atoms with E-state index in [1.165, 1.54) is 12.1 Å². The van der Waals surface area contributed by atoms with Crippen LogP contribution in [0.15, 0.2) is 30.4 Å². The monoisotopic (exact) mass is 229 g/mol. The molecule has 82 valence electrons. The van der Waals surface area contributed by atoms with Gasteiger partial charge in [0.2, 0.25) is 0 Å². The summed E-state index contributed by atoms with van der Waals surface area (Å²) in [7, 11) is 1.81. The van der Waals surface area contributed by atoms with E-state index in [0.29, 0.717) is 6.54 Å². The summed E-state index contributed by atoms with van der Waals surface area (Å²) in [5.41, 5.74) is 0.830. The predicted molar refractivity (Wildman–Crippen MR) is 60.0 cm³/mol. The zero-order chi connectivity index (χ0) is 11.3. The number of benzene rings is 1. The Morgan fingerprint density at radius 3 is 2.93 bits per heavy atom. The number of hydrogen-bond acceptors (Lipinski definition) is 2. The van der Waals surface area contributed by atoms with Crippen molar-refractivity contribution >= 4 is 11.6 Å². The molecule has 15 heavy (non-hydrogen) atoms. The van der Waals surface area contributed by atoms with E-state index in [1.807, 2.05) is 0 Å². The molecule has 2 nitrogen and oxygen atoms in total. The molecule has 0 aliphatic heterocycles. The number of hydrogen-bond donors (Lipinski definition) is 1. The van der Waals surface area contributed by atoms with Crippen LogP contribution < -0.4 is 10.1 Å². The second kappa shape index (κ2) is 5.73. The molecule has 0 unspecified atom stereocenters. The fourth-order valence-electron chi connectivity index (χ4n) is 1.10. The van der Waals surface area contributed by atoms with Gasteiger partial charge in [-0.15, -0.1) is 0 Å². The minimum absolute atomic E-state index is 0.0800. The zero-order valence-electron chi connectivity index (χ0n) is 8.52. The molecule has 0 aliphatic carbocycles. The van der Waals surface area contributed by atoms with Gasteiger partial charge in [0.1, 0.15) is 6.61 Å². The van der Waals surface area contributed by atoms with Crippen molar-refractivity contribution in [3.05, 3.63) is 41.2 Å². The van der Waals surface area contributed by atoms with Crippen molar-refractivity contribution < 1.29 is 9.13 Å². The Bertz CT molecular complexity index is 334. The van der Waals surface area contributed by atoms with Crippen LogP contribution in [0.3, 0.4) is 0 Å². The summed E-state index contributed by atoms with van der Waals surface area (Å²) in [5, 5.41) is 3.20. The fourth-order valence-corrected chi connectivity index (χ4v) is 1.31. The number of para-hydroxylation sites is 1. The van der Waals surface area contributed by atoms with Gasteiger partial charge in [0, 0.05) is 6.54 Å². The maximum absolute atomic E-state index is 13.2. The minimum atomic E-state index is -0.459. The molecule has 0 amide bonds. The minimum Gasteiger partial charge on any atom is -0.485 e. The standard InChI is InChI=1S/C11H13ClFNO/c1-8(6-14-2)7-15-11-9(12)4-3-5-10(11)13/h3-5,14H,1,6-7H2,2H3. The van der Waals surface area contributed by atoms with Crippen LogP contribution in [-0.2, 0) is 0 Å². The van der Waals surface area contributed by atoms with Crippen molar-refractivity contribution in [2.75, 3.05) is 20.2 Å². The summed E-state index contributed by atoms with van der Waals surface area (Å²) in [4.78, 5) is 0. The van der Waals surface area contributed by atoms with Crippen LogP contribution in [0.4, 0.5) is 4.39 Å². The molecule has 0 heterocycles. The highest BCUT2D eigenvalue weighted by Gasteiger charge is 2.07. The number of rotatable bonds is 5. The molecule has 0 fully saturated rings. The lowest BCUT2D eigenvalue weighted by Crippen LogP contribution is -2.15. The number of likely N-dealkylation sites (N-methyl/N-ethyl adjacent to an activating group) is 1. The Morgan fingerprint density at radius 1 is 1.60 bits per heavy atom. The van der Waals surface area contributed by atoms with Gasteiger partial charge < -0.3 is 10.1 Å². The molecule has 0 bridgehead atoms. The Kier molecular flexibility index (Phi) is 4.59. The summed E-state index contributed by atoms with van der Waals surface area (Å²) in [6, 6.07) is 4.43. The first-order chi connectivity index (χ1) is 7.15. The van der Waals surface area contributed by atoms with Crippen LogP contribution in [-0.4, -0.2) is 20.2 Å². The second-order valence-corrected chi connectivity index (χ2v) is 3.53. The quantitative estimate of drug-likeness (QED) is 0.784. The van der Waals surface area contributed by atoms with Gasteiger partial charge in [0.05, 0.1) is 5.02 Å². The molecule has 1 aromatic rings. The molecule has 0 saturated carbocycles. The number of ether oxygens (including phenoxy) is 1. The lowest BCUT2D eigenvalue weighted by atomic mass is 10.3. The first-order valence-electron chi connectivity index (χ1n) is 4.53. The van der Waals surface area contributed by atoms with Gasteiger partial charge in [0.25, 0.3) is 0 Å². The maximum atomic E-state index is 13.2. The molecule has 1 rings (SSSR count). The van der Waals surface area contributed by atoms with Crippen molar-refractivity contribution in [3.63, 3.8) is 0 Å². The average molecular weight is 230 g/mol. The van der Waals surface area contributed by atoms with E-state index in [9.17, 15) is 4.39 Å². The summed E-state index contributed by atoms with van der Waals surface area (Å²) in [6.45, 7) is 4.65. The lowest BCUT2D eigenvalue weighted by Gasteiger charge is -2.10. The van der Waals surface area contributed by atoms with E-state index in [1.54, 1.807) is 13.1 Å².